The van der Waals surface area contributed by atoms with Gasteiger partial charge in [0.25, 0.3) is 0 Å². The molecule has 110 valence electrons. The van der Waals surface area contributed by atoms with Crippen LogP contribution < -0.4 is 4.74 Å². The molecule has 0 saturated heterocycles. The quantitative estimate of drug-likeness (QED) is 0.625. The van der Waals surface area contributed by atoms with Crippen molar-refractivity contribution in [3.8, 4) is 5.75 Å². The molecule has 1 fully saturated rings. The zero-order chi connectivity index (χ0) is 14.7. The number of benzene rings is 1. The van der Waals surface area contributed by atoms with Gasteiger partial charge in [0.15, 0.2) is 0 Å². The van der Waals surface area contributed by atoms with Crippen molar-refractivity contribution < 1.29 is 14.3 Å². The first-order chi connectivity index (χ1) is 10.2. The Morgan fingerprint density at radius 3 is 2.86 bits per heavy atom. The standard InChI is InChI=1S/C17H19NO3/c1-12-10-13(11-12)17(19)21-9-8-20-16-6-7-18-15-5-3-2-4-14(15)16/h2-7,12-13H,8-11H2,1H3. The highest BCUT2D eigenvalue weighted by atomic mass is 16.6. The maximum Gasteiger partial charge on any atom is 0.309 e. The summed E-state index contributed by atoms with van der Waals surface area (Å²) in [6, 6.07) is 9.65. The molecular weight excluding hydrogens is 266 g/mol. The maximum absolute atomic E-state index is 11.7. The third-order valence-corrected chi connectivity index (χ3v) is 3.90. The zero-order valence-electron chi connectivity index (χ0n) is 12.1. The van der Waals surface area contributed by atoms with E-state index in [-0.39, 0.29) is 11.9 Å². The Hall–Kier alpha value is -2.10. The van der Waals surface area contributed by atoms with Crippen molar-refractivity contribution in [3.05, 3.63) is 36.5 Å². The molecule has 4 heteroatoms. The molecule has 1 heterocycles. The van der Waals surface area contributed by atoms with Gasteiger partial charge in [0, 0.05) is 11.6 Å². The smallest absolute Gasteiger partial charge is 0.309 e. The number of rotatable bonds is 5. The molecule has 21 heavy (non-hydrogen) atoms. The Balaban J connectivity index is 1.49. The fourth-order valence-electron chi connectivity index (χ4n) is 2.70. The highest BCUT2D eigenvalue weighted by Crippen LogP contribution is 2.33. The van der Waals surface area contributed by atoms with Gasteiger partial charge in [-0.25, -0.2) is 0 Å². The summed E-state index contributed by atoms with van der Waals surface area (Å²) in [5.41, 5.74) is 0.899. The summed E-state index contributed by atoms with van der Waals surface area (Å²) in [6.45, 7) is 2.81. The monoisotopic (exact) mass is 285 g/mol. The second kappa shape index (κ2) is 6.12. The zero-order valence-corrected chi connectivity index (χ0v) is 12.1. The van der Waals surface area contributed by atoms with Gasteiger partial charge in [-0.15, -0.1) is 0 Å². The number of esters is 1. The molecular formula is C17H19NO3. The van der Waals surface area contributed by atoms with Gasteiger partial charge >= 0.3 is 5.97 Å². The number of hydrogen-bond acceptors (Lipinski definition) is 4. The minimum Gasteiger partial charge on any atom is -0.489 e. The van der Waals surface area contributed by atoms with Gasteiger partial charge in [-0.2, -0.15) is 0 Å². The van der Waals surface area contributed by atoms with E-state index in [1.807, 2.05) is 30.3 Å². The fraction of sp³-hybridized carbons (Fsp3) is 0.412. The number of fused-ring (bicyclic) bond motifs is 1. The van der Waals surface area contributed by atoms with E-state index in [1.54, 1.807) is 6.20 Å². The predicted molar refractivity (Wildman–Crippen MR) is 80.1 cm³/mol. The molecule has 4 nitrogen and oxygen atoms in total. The van der Waals surface area contributed by atoms with E-state index in [4.69, 9.17) is 9.47 Å². The molecule has 0 aliphatic heterocycles. The summed E-state index contributed by atoms with van der Waals surface area (Å²) >= 11 is 0. The van der Waals surface area contributed by atoms with Crippen LogP contribution in [0.25, 0.3) is 10.9 Å². The third-order valence-electron chi connectivity index (χ3n) is 3.90. The van der Waals surface area contributed by atoms with Crippen LogP contribution in [0.3, 0.4) is 0 Å². The van der Waals surface area contributed by atoms with Crippen LogP contribution in [0.1, 0.15) is 19.8 Å². The van der Waals surface area contributed by atoms with Gasteiger partial charge in [-0.3, -0.25) is 9.78 Å². The van der Waals surface area contributed by atoms with Crippen molar-refractivity contribution in [1.82, 2.24) is 4.98 Å². The molecule has 0 atom stereocenters. The van der Waals surface area contributed by atoms with Crippen LogP contribution in [0.2, 0.25) is 0 Å². The molecule has 1 aromatic carbocycles. The lowest BCUT2D eigenvalue weighted by atomic mass is 9.76. The molecule has 0 amide bonds. The first kappa shape index (κ1) is 13.9. The fourth-order valence-corrected chi connectivity index (χ4v) is 2.70. The molecule has 0 unspecified atom stereocenters. The van der Waals surface area contributed by atoms with Crippen LogP contribution in [-0.2, 0) is 9.53 Å². The Morgan fingerprint density at radius 1 is 1.24 bits per heavy atom. The second-order valence-corrected chi connectivity index (χ2v) is 5.62. The number of ether oxygens (including phenoxy) is 2. The average molecular weight is 285 g/mol. The van der Waals surface area contributed by atoms with Gasteiger partial charge in [0.2, 0.25) is 0 Å². The molecule has 3 rings (SSSR count). The molecule has 2 aromatic rings. The molecule has 0 spiro atoms. The number of para-hydroxylation sites is 1. The van der Waals surface area contributed by atoms with E-state index < -0.39 is 0 Å². The Morgan fingerprint density at radius 2 is 2.05 bits per heavy atom. The number of aromatic nitrogens is 1. The molecule has 0 bridgehead atoms. The Bertz CT molecular complexity index is 629. The van der Waals surface area contributed by atoms with E-state index in [0.29, 0.717) is 19.1 Å². The number of carbonyl (C=O) groups excluding carboxylic acids is 1. The normalized spacial score (nSPS) is 20.8. The minimum absolute atomic E-state index is 0.0868. The maximum atomic E-state index is 11.7. The van der Waals surface area contributed by atoms with Gasteiger partial charge in [-0.05, 0) is 37.0 Å². The lowest BCUT2D eigenvalue weighted by Gasteiger charge is -2.30. The summed E-state index contributed by atoms with van der Waals surface area (Å²) in [6.07, 6.45) is 3.63. The minimum atomic E-state index is -0.0868. The second-order valence-electron chi connectivity index (χ2n) is 5.62. The molecule has 1 aromatic heterocycles. The van der Waals surface area contributed by atoms with Crippen molar-refractivity contribution >= 4 is 16.9 Å². The largest absolute Gasteiger partial charge is 0.489 e. The third kappa shape index (κ3) is 3.15. The number of hydrogen-bond donors (Lipinski definition) is 0. The van der Waals surface area contributed by atoms with Gasteiger partial charge in [-0.1, -0.05) is 19.1 Å². The first-order valence-electron chi connectivity index (χ1n) is 7.37. The van der Waals surface area contributed by atoms with Crippen LogP contribution in [0.15, 0.2) is 36.5 Å². The molecule has 0 N–H and O–H groups in total. The number of pyridine rings is 1. The summed E-state index contributed by atoms with van der Waals surface area (Å²) in [5.74, 6) is 1.44. The molecule has 1 aliphatic rings. The van der Waals surface area contributed by atoms with Crippen molar-refractivity contribution in [2.75, 3.05) is 13.2 Å². The van der Waals surface area contributed by atoms with Crippen LogP contribution in [0.4, 0.5) is 0 Å². The van der Waals surface area contributed by atoms with E-state index >= 15 is 0 Å². The van der Waals surface area contributed by atoms with Gasteiger partial charge in [0.05, 0.1) is 11.4 Å². The lowest BCUT2D eigenvalue weighted by molar-refractivity contribution is -0.153. The van der Waals surface area contributed by atoms with E-state index in [0.717, 1.165) is 29.5 Å². The topological polar surface area (TPSA) is 48.4 Å². The predicted octanol–water partition coefficient (Wildman–Crippen LogP) is 3.20. The SMILES string of the molecule is CC1CC(C(=O)OCCOc2ccnc3ccccc23)C1. The van der Waals surface area contributed by atoms with Crippen LogP contribution >= 0.6 is 0 Å². The average Bonchev–Trinajstić information content (AvgIpc) is 2.48. The van der Waals surface area contributed by atoms with Crippen LogP contribution in [0.5, 0.6) is 5.75 Å². The molecule has 1 aliphatic carbocycles. The number of carbonyl (C=O) groups is 1. The number of nitrogens with zero attached hydrogens (tertiary/aromatic N) is 1. The van der Waals surface area contributed by atoms with Gasteiger partial charge < -0.3 is 9.47 Å². The first-order valence-corrected chi connectivity index (χ1v) is 7.37. The summed E-state index contributed by atoms with van der Waals surface area (Å²) in [4.78, 5) is 16.0. The molecule has 0 radical (unpaired) electrons. The van der Waals surface area contributed by atoms with Crippen molar-refractivity contribution in [2.45, 2.75) is 19.8 Å². The lowest BCUT2D eigenvalue weighted by Crippen LogP contribution is -2.31. The Labute approximate surface area is 124 Å². The van der Waals surface area contributed by atoms with Crippen molar-refractivity contribution in [3.63, 3.8) is 0 Å². The highest BCUT2D eigenvalue weighted by molar-refractivity contribution is 5.84. The Kier molecular flexibility index (Phi) is 4.04. The molecule has 1 saturated carbocycles. The summed E-state index contributed by atoms with van der Waals surface area (Å²) in [7, 11) is 0. The summed E-state index contributed by atoms with van der Waals surface area (Å²) in [5, 5.41) is 0.971. The van der Waals surface area contributed by atoms with E-state index in [1.165, 1.54) is 0 Å². The van der Waals surface area contributed by atoms with Crippen molar-refractivity contribution in [1.29, 1.82) is 0 Å². The van der Waals surface area contributed by atoms with E-state index in [9.17, 15) is 4.79 Å². The van der Waals surface area contributed by atoms with Crippen molar-refractivity contribution in [2.24, 2.45) is 11.8 Å². The van der Waals surface area contributed by atoms with E-state index in [2.05, 4.69) is 11.9 Å². The summed E-state index contributed by atoms with van der Waals surface area (Å²) < 4.78 is 11.0. The van der Waals surface area contributed by atoms with Crippen LogP contribution in [0, 0.1) is 11.8 Å². The highest BCUT2D eigenvalue weighted by Gasteiger charge is 2.32. The van der Waals surface area contributed by atoms with Gasteiger partial charge in [0.1, 0.15) is 19.0 Å². The van der Waals surface area contributed by atoms with Crippen LogP contribution in [-0.4, -0.2) is 24.2 Å².